The average molecular weight is 419 g/mol. The molecule has 2 atom stereocenters. The Kier molecular flexibility index (Phi) is 5.88. The average Bonchev–Trinajstić information content (AvgIpc) is 3.41. The van der Waals surface area contributed by atoms with Crippen molar-refractivity contribution < 1.29 is 24.1 Å². The van der Waals surface area contributed by atoms with E-state index in [1.54, 1.807) is 55.2 Å². The third-order valence-corrected chi connectivity index (χ3v) is 5.49. The molecular formula is C23H23N4O4+. The van der Waals surface area contributed by atoms with Crippen LogP contribution in [-0.4, -0.2) is 45.6 Å². The Bertz CT molecular complexity index is 1080. The molecule has 1 amide bonds. The monoisotopic (exact) mass is 419 g/mol. The van der Waals surface area contributed by atoms with E-state index in [0.29, 0.717) is 36.4 Å². The number of amides is 1. The van der Waals surface area contributed by atoms with Gasteiger partial charge in [0.1, 0.15) is 11.7 Å². The number of aryl methyl sites for hydroxylation is 1. The number of ketones is 2. The zero-order valence-corrected chi connectivity index (χ0v) is 17.1. The molecule has 4 rings (SSSR count). The van der Waals surface area contributed by atoms with Gasteiger partial charge in [-0.25, -0.2) is 9.97 Å². The van der Waals surface area contributed by atoms with E-state index in [1.807, 2.05) is 16.8 Å². The molecule has 8 heteroatoms. The van der Waals surface area contributed by atoms with Crippen molar-refractivity contribution in [2.24, 2.45) is 5.92 Å². The summed E-state index contributed by atoms with van der Waals surface area (Å²) in [4.78, 5) is 47.8. The molecule has 2 unspecified atom stereocenters. The Morgan fingerprint density at radius 1 is 1.19 bits per heavy atom. The quantitative estimate of drug-likeness (QED) is 0.315. The molecule has 1 aromatic carbocycles. The first-order valence-electron chi connectivity index (χ1n) is 10.0. The van der Waals surface area contributed by atoms with E-state index < -0.39 is 23.7 Å². The summed E-state index contributed by atoms with van der Waals surface area (Å²) in [5.41, 5.74) is 1.06. The van der Waals surface area contributed by atoms with Gasteiger partial charge in [0, 0.05) is 42.7 Å². The fourth-order valence-corrected chi connectivity index (χ4v) is 3.99. The number of methoxy groups -OCH3 is 1. The lowest BCUT2D eigenvalue weighted by Gasteiger charge is -2.26. The van der Waals surface area contributed by atoms with Crippen LogP contribution in [0.4, 0.5) is 0 Å². The molecule has 0 radical (unpaired) electrons. The maximum absolute atomic E-state index is 13.4. The fraction of sp³-hybridized carbons (Fsp3) is 0.261. The molecule has 1 N–H and O–H groups in total. The molecule has 2 aromatic heterocycles. The van der Waals surface area contributed by atoms with Crippen molar-refractivity contribution in [2.45, 2.75) is 19.0 Å². The van der Waals surface area contributed by atoms with E-state index in [-0.39, 0.29) is 5.78 Å². The highest BCUT2D eigenvalue weighted by Crippen LogP contribution is 2.38. The number of carbonyl (C=O) groups excluding carboxylic acids is 3. The van der Waals surface area contributed by atoms with Gasteiger partial charge in [-0.3, -0.25) is 14.4 Å². The lowest BCUT2D eigenvalue weighted by Crippen LogP contribution is -2.32. The summed E-state index contributed by atoms with van der Waals surface area (Å²) in [6.07, 6.45) is 9.33. The number of rotatable bonds is 8. The van der Waals surface area contributed by atoms with E-state index in [0.717, 1.165) is 0 Å². The normalized spacial score (nSPS) is 18.4. The van der Waals surface area contributed by atoms with Gasteiger partial charge in [0.25, 0.3) is 5.91 Å². The van der Waals surface area contributed by atoms with Gasteiger partial charge < -0.3 is 14.2 Å². The molecule has 0 bridgehead atoms. The number of H-pyrrole nitrogens is 1. The molecule has 3 aromatic rings. The molecule has 1 fully saturated rings. The van der Waals surface area contributed by atoms with Crippen molar-refractivity contribution >= 4 is 17.5 Å². The predicted molar refractivity (Wildman–Crippen MR) is 110 cm³/mol. The van der Waals surface area contributed by atoms with Gasteiger partial charge in [-0.1, -0.05) is 12.1 Å². The van der Waals surface area contributed by atoms with E-state index in [9.17, 15) is 14.4 Å². The number of pyridine rings is 1. The van der Waals surface area contributed by atoms with Crippen LogP contribution < -0.4 is 9.72 Å². The van der Waals surface area contributed by atoms with Gasteiger partial charge in [-0.15, -0.1) is 0 Å². The second-order valence-corrected chi connectivity index (χ2v) is 7.37. The van der Waals surface area contributed by atoms with Gasteiger partial charge >= 0.3 is 0 Å². The van der Waals surface area contributed by atoms with Crippen molar-refractivity contribution in [1.29, 1.82) is 0 Å². The SMILES string of the molecule is COc1cccc(C(=O)C2C(=O)C(=O)N(CCCn3ccnc3)C2c2ccc[nH+]c2)c1. The summed E-state index contributed by atoms with van der Waals surface area (Å²) >= 11 is 0. The number of Topliss-reactive ketones (excluding diaryl/α,β-unsaturated/α-hetero) is 2. The number of nitrogens with one attached hydrogen (secondary N) is 1. The summed E-state index contributed by atoms with van der Waals surface area (Å²) in [5.74, 6) is -2.28. The minimum atomic E-state index is -1.11. The molecular weight excluding hydrogens is 396 g/mol. The van der Waals surface area contributed by atoms with Crippen molar-refractivity contribution in [1.82, 2.24) is 14.5 Å². The number of hydrogen-bond acceptors (Lipinski definition) is 5. The summed E-state index contributed by atoms with van der Waals surface area (Å²) in [5, 5.41) is 0. The highest BCUT2D eigenvalue weighted by molar-refractivity contribution is 6.44. The predicted octanol–water partition coefficient (Wildman–Crippen LogP) is 1.75. The first-order chi connectivity index (χ1) is 15.1. The lowest BCUT2D eigenvalue weighted by molar-refractivity contribution is -0.379. The minimum Gasteiger partial charge on any atom is -0.497 e. The van der Waals surface area contributed by atoms with E-state index in [4.69, 9.17) is 4.74 Å². The molecule has 31 heavy (non-hydrogen) atoms. The summed E-state index contributed by atoms with van der Waals surface area (Å²) in [7, 11) is 1.51. The highest BCUT2D eigenvalue weighted by atomic mass is 16.5. The van der Waals surface area contributed by atoms with Gasteiger partial charge in [-0.2, -0.15) is 0 Å². The van der Waals surface area contributed by atoms with Crippen LogP contribution in [0.1, 0.15) is 28.4 Å². The maximum Gasteiger partial charge on any atom is 0.291 e. The van der Waals surface area contributed by atoms with Crippen molar-refractivity contribution in [2.75, 3.05) is 13.7 Å². The van der Waals surface area contributed by atoms with Crippen LogP contribution in [0.25, 0.3) is 0 Å². The van der Waals surface area contributed by atoms with Crippen LogP contribution in [-0.2, 0) is 16.1 Å². The molecule has 158 valence electrons. The van der Waals surface area contributed by atoms with E-state index in [1.165, 1.54) is 12.0 Å². The maximum atomic E-state index is 13.4. The van der Waals surface area contributed by atoms with Crippen LogP contribution >= 0.6 is 0 Å². The van der Waals surface area contributed by atoms with Gasteiger partial charge in [0.2, 0.25) is 5.78 Å². The molecule has 0 spiro atoms. The topological polar surface area (TPSA) is 95.6 Å². The van der Waals surface area contributed by atoms with Gasteiger partial charge in [-0.05, 0) is 24.6 Å². The largest absolute Gasteiger partial charge is 0.497 e. The van der Waals surface area contributed by atoms with Crippen LogP contribution in [0.5, 0.6) is 5.75 Å². The number of ether oxygens (including phenoxy) is 1. The zero-order valence-electron chi connectivity index (χ0n) is 17.1. The molecule has 1 aliphatic heterocycles. The van der Waals surface area contributed by atoms with Crippen molar-refractivity contribution in [3.05, 3.63) is 78.6 Å². The minimum absolute atomic E-state index is 0.343. The molecule has 0 aliphatic carbocycles. The third-order valence-electron chi connectivity index (χ3n) is 5.49. The van der Waals surface area contributed by atoms with Crippen LogP contribution in [0.15, 0.2) is 67.5 Å². The van der Waals surface area contributed by atoms with Gasteiger partial charge in [0.05, 0.1) is 19.5 Å². The number of carbonyl (C=O) groups is 3. The Morgan fingerprint density at radius 3 is 2.77 bits per heavy atom. The zero-order chi connectivity index (χ0) is 21.8. The fourth-order valence-electron chi connectivity index (χ4n) is 3.99. The molecule has 3 heterocycles. The second-order valence-electron chi connectivity index (χ2n) is 7.37. The Balaban J connectivity index is 1.65. The first-order valence-corrected chi connectivity index (χ1v) is 10.0. The third kappa shape index (κ3) is 4.09. The van der Waals surface area contributed by atoms with Crippen molar-refractivity contribution in [3.63, 3.8) is 0 Å². The molecule has 0 saturated carbocycles. The number of hydrogen-bond donors (Lipinski definition) is 0. The van der Waals surface area contributed by atoms with Gasteiger partial charge in [0.15, 0.2) is 18.2 Å². The molecule has 1 aliphatic rings. The molecule has 1 saturated heterocycles. The number of benzene rings is 1. The molecule has 8 nitrogen and oxygen atoms in total. The lowest BCUT2D eigenvalue weighted by atomic mass is 9.87. The number of imidazole rings is 1. The van der Waals surface area contributed by atoms with Crippen LogP contribution in [0.3, 0.4) is 0 Å². The first kappa shape index (κ1) is 20.5. The Morgan fingerprint density at radius 2 is 2.06 bits per heavy atom. The van der Waals surface area contributed by atoms with E-state index >= 15 is 0 Å². The number of aromatic amines is 1. The van der Waals surface area contributed by atoms with E-state index in [2.05, 4.69) is 9.97 Å². The number of likely N-dealkylation sites (tertiary alicyclic amines) is 1. The smallest absolute Gasteiger partial charge is 0.291 e. The Hall–Kier alpha value is -3.81. The summed E-state index contributed by atoms with van der Waals surface area (Å²) < 4.78 is 7.12. The number of aromatic nitrogens is 3. The summed E-state index contributed by atoms with van der Waals surface area (Å²) in [6.45, 7) is 1.00. The highest BCUT2D eigenvalue weighted by Gasteiger charge is 2.51. The number of nitrogens with zero attached hydrogens (tertiary/aromatic N) is 3. The van der Waals surface area contributed by atoms with Crippen molar-refractivity contribution in [3.8, 4) is 5.75 Å². The Labute approximate surface area is 179 Å². The standard InChI is InChI=1S/C23H22N4O4/c1-31-18-7-2-5-16(13-18)21(28)19-20(17-6-3-8-24-14-17)27(23(30)22(19)29)11-4-10-26-12-9-25-15-26/h2-3,5-9,12-15,19-20H,4,10-11H2,1H3/p+1. The van der Waals surface area contributed by atoms with Crippen LogP contribution in [0.2, 0.25) is 0 Å². The second kappa shape index (κ2) is 8.91. The van der Waals surface area contributed by atoms with Crippen LogP contribution in [0, 0.1) is 5.92 Å². The summed E-state index contributed by atoms with van der Waals surface area (Å²) in [6, 6.07) is 9.60.